The van der Waals surface area contributed by atoms with Crippen LogP contribution in [0.2, 0.25) is 0 Å². The van der Waals surface area contributed by atoms with E-state index in [2.05, 4.69) is 10.4 Å². The van der Waals surface area contributed by atoms with Crippen molar-refractivity contribution in [2.24, 2.45) is 4.99 Å². The molecule has 0 unspecified atom stereocenters. The van der Waals surface area contributed by atoms with Gasteiger partial charge in [0.05, 0.1) is 15.5 Å². The number of carbonyl (C=O) groups is 1. The van der Waals surface area contributed by atoms with Crippen LogP contribution in [0.1, 0.15) is 20.8 Å². The molecule has 1 aliphatic rings. The predicted octanol–water partition coefficient (Wildman–Crippen LogP) is 4.53. The highest BCUT2D eigenvalue weighted by Crippen LogP contribution is 2.35. The summed E-state index contributed by atoms with van der Waals surface area (Å²) in [6, 6.07) is 12.7. The number of hydrogen-bond donors (Lipinski definition) is 2. The van der Waals surface area contributed by atoms with Crippen LogP contribution in [0.15, 0.2) is 53.5 Å². The maximum absolute atomic E-state index is 12.4. The number of amides is 1. The highest BCUT2D eigenvalue weighted by Gasteiger charge is 2.17. The molecule has 1 aromatic heterocycles. The molecule has 3 aromatic rings. The zero-order valence-electron chi connectivity index (χ0n) is 14.6. The number of fused-ring (bicyclic) bond motifs is 1. The van der Waals surface area contributed by atoms with E-state index < -0.39 is 10.8 Å². The second kappa shape index (κ2) is 7.41. The lowest BCUT2D eigenvalue weighted by atomic mass is 10.1. The summed E-state index contributed by atoms with van der Waals surface area (Å²) in [7, 11) is 0. The van der Waals surface area contributed by atoms with E-state index in [0.717, 1.165) is 32.8 Å². The Morgan fingerprint density at radius 3 is 2.69 bits per heavy atom. The number of allylic oxidation sites excluding steroid dienone is 1. The van der Waals surface area contributed by atoms with Crippen LogP contribution < -0.4 is 5.43 Å². The molecule has 1 aliphatic heterocycles. The fraction of sp³-hybridized carbons (Fsp3) is 0. The smallest absolute Gasteiger partial charge is 0.270 e. The van der Waals surface area contributed by atoms with E-state index in [1.54, 1.807) is 12.3 Å². The number of hydrogen-bond acceptors (Lipinski definition) is 7. The molecule has 0 saturated carbocycles. The third-order valence-electron chi connectivity index (χ3n) is 4.21. The normalized spacial score (nSPS) is 13.4. The van der Waals surface area contributed by atoms with Crippen LogP contribution in [-0.2, 0) is 0 Å². The number of nitro benzene ring substituents is 1. The van der Waals surface area contributed by atoms with E-state index in [4.69, 9.17) is 12.2 Å². The third kappa shape index (κ3) is 3.58. The van der Waals surface area contributed by atoms with Gasteiger partial charge in [-0.15, -0.1) is 0 Å². The number of thiazole rings is 1. The standard InChI is InChI=1S/C19H12N4O4S2/c24-17(11-5-7-13(8-6-11)23(26)27)21-22-18(25)16(29-19(22)28)9-12-10-20-15-4-2-1-3-14(12)15/h1-10,25H,(H,21,24). The van der Waals surface area contributed by atoms with Crippen molar-refractivity contribution in [2.75, 3.05) is 5.43 Å². The number of aromatic hydroxyl groups is 1. The molecule has 1 amide bonds. The molecular weight excluding hydrogens is 412 g/mol. The Balaban J connectivity index is 1.61. The summed E-state index contributed by atoms with van der Waals surface area (Å²) in [5, 5.41) is 21.3. The van der Waals surface area contributed by atoms with Crippen LogP contribution in [0, 0.1) is 14.1 Å². The van der Waals surface area contributed by atoms with Crippen molar-refractivity contribution < 1.29 is 14.8 Å². The van der Waals surface area contributed by atoms with Crippen molar-refractivity contribution in [1.29, 1.82) is 0 Å². The first kappa shape index (κ1) is 18.7. The number of nitrogens with one attached hydrogen (secondary N) is 1. The van der Waals surface area contributed by atoms with Gasteiger partial charge >= 0.3 is 0 Å². The van der Waals surface area contributed by atoms with Gasteiger partial charge in [-0.1, -0.05) is 29.5 Å². The van der Waals surface area contributed by atoms with Crippen LogP contribution in [0.4, 0.5) is 11.4 Å². The number of rotatable bonds is 4. The van der Waals surface area contributed by atoms with Crippen molar-refractivity contribution >= 4 is 58.7 Å². The van der Waals surface area contributed by atoms with E-state index in [0.29, 0.717) is 4.88 Å². The average molecular weight is 424 g/mol. The molecule has 4 rings (SSSR count). The number of para-hydroxylation sites is 1. The van der Waals surface area contributed by atoms with Gasteiger partial charge in [0.2, 0.25) is 5.88 Å². The molecule has 8 nitrogen and oxygen atoms in total. The summed E-state index contributed by atoms with van der Waals surface area (Å²) >= 11 is 6.39. The molecule has 0 saturated heterocycles. The van der Waals surface area contributed by atoms with E-state index in [1.165, 1.54) is 24.3 Å². The van der Waals surface area contributed by atoms with Crippen molar-refractivity contribution in [3.05, 3.63) is 78.6 Å². The van der Waals surface area contributed by atoms with Crippen LogP contribution in [-0.4, -0.2) is 26.8 Å². The van der Waals surface area contributed by atoms with Crippen molar-refractivity contribution in [1.82, 2.24) is 4.68 Å². The Morgan fingerprint density at radius 2 is 1.97 bits per heavy atom. The molecule has 0 bridgehead atoms. The van der Waals surface area contributed by atoms with Crippen molar-refractivity contribution in [3.63, 3.8) is 0 Å². The van der Waals surface area contributed by atoms with Crippen LogP contribution in [0.3, 0.4) is 0 Å². The highest BCUT2D eigenvalue weighted by atomic mass is 32.1. The van der Waals surface area contributed by atoms with Gasteiger partial charge in [0, 0.05) is 35.0 Å². The number of carbonyl (C=O) groups excluding carboxylic acids is 1. The summed E-state index contributed by atoms with van der Waals surface area (Å²) in [5.74, 6) is -0.767. The molecule has 0 atom stereocenters. The number of nitro groups is 1. The maximum Gasteiger partial charge on any atom is 0.270 e. The van der Waals surface area contributed by atoms with Crippen LogP contribution in [0.5, 0.6) is 5.88 Å². The minimum Gasteiger partial charge on any atom is -0.492 e. The Hall–Kier alpha value is -3.63. The van der Waals surface area contributed by atoms with Gasteiger partial charge in [0.15, 0.2) is 3.95 Å². The van der Waals surface area contributed by atoms with Gasteiger partial charge in [-0.05, 0) is 36.5 Å². The quantitative estimate of drug-likeness (QED) is 0.363. The third-order valence-corrected chi connectivity index (χ3v) is 5.52. The number of benzene rings is 2. The molecule has 10 heteroatoms. The summed E-state index contributed by atoms with van der Waals surface area (Å²) in [6.07, 6.45) is 3.45. The molecule has 2 aromatic carbocycles. The summed E-state index contributed by atoms with van der Waals surface area (Å²) < 4.78 is 1.35. The average Bonchev–Trinajstić information content (AvgIpc) is 3.24. The van der Waals surface area contributed by atoms with E-state index in [9.17, 15) is 20.0 Å². The lowest BCUT2D eigenvalue weighted by Gasteiger charge is -2.07. The zero-order valence-corrected chi connectivity index (χ0v) is 16.2. The van der Waals surface area contributed by atoms with E-state index in [1.807, 2.05) is 24.3 Å². The van der Waals surface area contributed by atoms with Gasteiger partial charge in [-0.3, -0.25) is 25.3 Å². The Bertz CT molecular complexity index is 1260. The fourth-order valence-corrected chi connectivity index (χ4v) is 3.95. The molecule has 144 valence electrons. The molecule has 0 spiro atoms. The zero-order chi connectivity index (χ0) is 20.5. The summed E-state index contributed by atoms with van der Waals surface area (Å²) in [6.45, 7) is 0. The molecule has 0 aliphatic carbocycles. The van der Waals surface area contributed by atoms with Gasteiger partial charge in [0.1, 0.15) is 0 Å². The first-order chi connectivity index (χ1) is 13.9. The van der Waals surface area contributed by atoms with Gasteiger partial charge < -0.3 is 5.11 Å². The number of aliphatic imine (C=N–C) groups is 1. The lowest BCUT2D eigenvalue weighted by Crippen LogP contribution is -2.22. The Kier molecular flexibility index (Phi) is 4.79. The highest BCUT2D eigenvalue weighted by molar-refractivity contribution is 7.73. The Labute approximate surface area is 173 Å². The molecule has 2 heterocycles. The summed E-state index contributed by atoms with van der Waals surface area (Å²) in [5.41, 5.74) is 5.18. The van der Waals surface area contributed by atoms with E-state index in [-0.39, 0.29) is 21.1 Å². The van der Waals surface area contributed by atoms with Gasteiger partial charge in [-0.2, -0.15) is 4.68 Å². The van der Waals surface area contributed by atoms with Gasteiger partial charge in [0.25, 0.3) is 11.6 Å². The minimum atomic E-state index is -0.559. The van der Waals surface area contributed by atoms with Crippen LogP contribution >= 0.6 is 23.6 Å². The van der Waals surface area contributed by atoms with Crippen molar-refractivity contribution in [2.45, 2.75) is 0 Å². The molecule has 2 N–H and O–H groups in total. The molecule has 0 radical (unpaired) electrons. The number of aromatic nitrogens is 1. The predicted molar refractivity (Wildman–Crippen MR) is 114 cm³/mol. The first-order valence-corrected chi connectivity index (χ1v) is 9.52. The first-order valence-electron chi connectivity index (χ1n) is 8.30. The largest absolute Gasteiger partial charge is 0.492 e. The Morgan fingerprint density at radius 1 is 1.24 bits per heavy atom. The van der Waals surface area contributed by atoms with Crippen molar-refractivity contribution in [3.8, 4) is 5.88 Å². The van der Waals surface area contributed by atoms with Crippen LogP contribution in [0.25, 0.3) is 11.6 Å². The molecule has 29 heavy (non-hydrogen) atoms. The second-order valence-corrected chi connectivity index (χ2v) is 7.69. The van der Waals surface area contributed by atoms with Gasteiger partial charge in [-0.25, -0.2) is 0 Å². The second-order valence-electron chi connectivity index (χ2n) is 6.01. The number of non-ortho nitro benzene ring substituents is 1. The molecular formula is C19H12N4O4S2. The fourth-order valence-electron chi connectivity index (χ4n) is 2.77. The SMILES string of the molecule is O=C(Nn1c(O)c(C=C2C=Nc3ccccc32)sc1=S)c1ccc([N+](=O)[O-])cc1. The monoisotopic (exact) mass is 424 g/mol. The maximum atomic E-state index is 12.4. The minimum absolute atomic E-state index is 0.121. The molecule has 0 fully saturated rings. The topological polar surface area (TPSA) is 110 Å². The van der Waals surface area contributed by atoms with E-state index >= 15 is 0 Å². The summed E-state index contributed by atoms with van der Waals surface area (Å²) in [4.78, 5) is 27.4. The lowest BCUT2D eigenvalue weighted by molar-refractivity contribution is -0.384. The number of nitrogens with zero attached hydrogens (tertiary/aromatic N) is 3.